The molecule has 2 aromatic rings. The average Bonchev–Trinajstić information content (AvgIpc) is 3.44. The summed E-state index contributed by atoms with van der Waals surface area (Å²) in [5, 5.41) is 0. The third kappa shape index (κ3) is 5.71. The zero-order chi connectivity index (χ0) is 22.5. The number of nitrogens with zero attached hydrogens (tertiary/aromatic N) is 1. The van der Waals surface area contributed by atoms with Gasteiger partial charge in [0.15, 0.2) is 0 Å². The second-order valence-electron chi connectivity index (χ2n) is 9.49. The van der Waals surface area contributed by atoms with Crippen LogP contribution in [0.3, 0.4) is 0 Å². The van der Waals surface area contributed by atoms with Crippen molar-refractivity contribution in [1.29, 1.82) is 0 Å². The van der Waals surface area contributed by atoms with Crippen LogP contribution in [-0.4, -0.2) is 44.1 Å². The summed E-state index contributed by atoms with van der Waals surface area (Å²) in [5.41, 5.74) is 5.42. The average molecular weight is 452 g/mol. The largest absolute Gasteiger partial charge is 0.496 e. The van der Waals surface area contributed by atoms with Gasteiger partial charge in [-0.15, -0.1) is 11.8 Å². The Morgan fingerprint density at radius 3 is 2.69 bits per heavy atom. The molecular formula is C28H37NO2S. The van der Waals surface area contributed by atoms with Crippen LogP contribution >= 0.6 is 11.8 Å². The fourth-order valence-corrected chi connectivity index (χ4v) is 5.71. The van der Waals surface area contributed by atoms with Crippen LogP contribution in [0, 0.1) is 5.92 Å². The van der Waals surface area contributed by atoms with Gasteiger partial charge in [0.1, 0.15) is 5.75 Å². The normalized spacial score (nSPS) is 21.0. The highest BCUT2D eigenvalue weighted by Crippen LogP contribution is 2.36. The summed E-state index contributed by atoms with van der Waals surface area (Å²) in [5.74, 6) is 3.81. The monoisotopic (exact) mass is 451 g/mol. The molecule has 0 bridgehead atoms. The van der Waals surface area contributed by atoms with Gasteiger partial charge >= 0.3 is 0 Å². The van der Waals surface area contributed by atoms with Crippen molar-refractivity contribution >= 4 is 11.8 Å². The van der Waals surface area contributed by atoms with E-state index in [1.54, 1.807) is 7.11 Å². The van der Waals surface area contributed by atoms with E-state index in [9.17, 15) is 0 Å². The molecule has 0 N–H and O–H groups in total. The number of likely N-dealkylation sites (tertiary alicyclic amines) is 1. The van der Waals surface area contributed by atoms with E-state index in [0.29, 0.717) is 17.8 Å². The minimum Gasteiger partial charge on any atom is -0.496 e. The number of rotatable bonds is 9. The second kappa shape index (κ2) is 10.8. The van der Waals surface area contributed by atoms with Crippen LogP contribution in [0.2, 0.25) is 0 Å². The van der Waals surface area contributed by atoms with Gasteiger partial charge in [0.25, 0.3) is 0 Å². The molecule has 2 atom stereocenters. The summed E-state index contributed by atoms with van der Waals surface area (Å²) in [4.78, 5) is 3.83. The van der Waals surface area contributed by atoms with Gasteiger partial charge in [0, 0.05) is 48.6 Å². The van der Waals surface area contributed by atoms with E-state index in [1.165, 1.54) is 27.3 Å². The summed E-state index contributed by atoms with van der Waals surface area (Å²) in [6.07, 6.45) is 3.24. The Bertz CT molecular complexity index is 902. The van der Waals surface area contributed by atoms with Crippen LogP contribution < -0.4 is 4.74 Å². The number of methoxy groups -OCH3 is 1. The molecule has 2 saturated heterocycles. The summed E-state index contributed by atoms with van der Waals surface area (Å²) in [6.45, 7) is 12.7. The van der Waals surface area contributed by atoms with E-state index in [4.69, 9.17) is 9.47 Å². The van der Waals surface area contributed by atoms with Crippen LogP contribution in [0.25, 0.3) is 0 Å². The van der Waals surface area contributed by atoms with Gasteiger partial charge < -0.3 is 14.4 Å². The zero-order valence-corrected chi connectivity index (χ0v) is 20.6. The lowest BCUT2D eigenvalue weighted by Gasteiger charge is -2.20. The highest BCUT2D eigenvalue weighted by molar-refractivity contribution is 7.99. The maximum Gasteiger partial charge on any atom is 0.122 e. The SMILES string of the molecule is C=C1C[C@@H](c2ccc(OC)c(CC3CCOC3)c2)CN1CCSc1ccc(C(C)C)cc1. The fraction of sp³-hybridized carbons (Fsp3) is 0.500. The molecule has 0 radical (unpaired) electrons. The van der Waals surface area contributed by atoms with E-state index >= 15 is 0 Å². The first-order chi connectivity index (χ1) is 15.5. The maximum atomic E-state index is 5.66. The van der Waals surface area contributed by atoms with Gasteiger partial charge in [-0.25, -0.2) is 0 Å². The molecule has 0 aliphatic carbocycles. The first-order valence-corrected chi connectivity index (χ1v) is 12.9. The van der Waals surface area contributed by atoms with Crippen molar-refractivity contribution < 1.29 is 9.47 Å². The number of hydrogen-bond acceptors (Lipinski definition) is 4. The van der Waals surface area contributed by atoms with E-state index in [1.807, 2.05) is 11.8 Å². The summed E-state index contributed by atoms with van der Waals surface area (Å²) < 4.78 is 11.2. The van der Waals surface area contributed by atoms with Gasteiger partial charge in [0.2, 0.25) is 0 Å². The summed E-state index contributed by atoms with van der Waals surface area (Å²) >= 11 is 1.94. The van der Waals surface area contributed by atoms with Crippen LogP contribution in [-0.2, 0) is 11.2 Å². The van der Waals surface area contributed by atoms with Crippen LogP contribution in [0.15, 0.2) is 59.6 Å². The van der Waals surface area contributed by atoms with Crippen LogP contribution in [0.4, 0.5) is 0 Å². The minimum atomic E-state index is 0.516. The van der Waals surface area contributed by atoms with E-state index in [2.05, 4.69) is 67.8 Å². The first-order valence-electron chi connectivity index (χ1n) is 11.9. The Balaban J connectivity index is 1.33. The Morgan fingerprint density at radius 2 is 2.00 bits per heavy atom. The smallest absolute Gasteiger partial charge is 0.122 e. The molecule has 0 aromatic heterocycles. The van der Waals surface area contributed by atoms with Gasteiger partial charge in [-0.05, 0) is 66.0 Å². The summed E-state index contributed by atoms with van der Waals surface area (Å²) in [6, 6.07) is 15.8. The first kappa shape index (κ1) is 23.3. The van der Waals surface area contributed by atoms with E-state index < -0.39 is 0 Å². The third-order valence-corrected chi connectivity index (χ3v) is 7.85. The number of allylic oxidation sites excluding steroid dienone is 1. The van der Waals surface area contributed by atoms with Crippen molar-refractivity contribution in [1.82, 2.24) is 4.90 Å². The van der Waals surface area contributed by atoms with Crippen LogP contribution in [0.1, 0.15) is 55.2 Å². The molecule has 4 heteroatoms. The number of benzene rings is 2. The van der Waals surface area contributed by atoms with Crippen molar-refractivity contribution in [2.45, 2.75) is 49.8 Å². The Hall–Kier alpha value is -1.91. The lowest BCUT2D eigenvalue weighted by molar-refractivity contribution is 0.185. The van der Waals surface area contributed by atoms with Crippen molar-refractivity contribution in [2.75, 3.05) is 39.2 Å². The van der Waals surface area contributed by atoms with E-state index in [0.717, 1.165) is 57.1 Å². The molecule has 1 unspecified atom stereocenters. The number of hydrogen-bond donors (Lipinski definition) is 0. The lowest BCUT2D eigenvalue weighted by atomic mass is 9.92. The van der Waals surface area contributed by atoms with Crippen molar-refractivity contribution in [2.24, 2.45) is 5.92 Å². The standard InChI is InChI=1S/C28H37NO2S/c1-20(2)23-5-8-27(9-6-23)32-14-12-29-18-26(15-21(29)3)24-7-10-28(30-4)25(17-24)16-22-11-13-31-19-22/h5-10,17,20,22,26H,3,11-16,18-19H2,1-2,4H3/t22?,26-/m1/s1. The van der Waals surface area contributed by atoms with Gasteiger partial charge in [-0.1, -0.05) is 44.7 Å². The Labute approximate surface area is 198 Å². The highest BCUT2D eigenvalue weighted by atomic mass is 32.2. The molecular weight excluding hydrogens is 414 g/mol. The molecule has 2 fully saturated rings. The molecule has 0 amide bonds. The van der Waals surface area contributed by atoms with Crippen molar-refractivity contribution in [3.05, 3.63) is 71.4 Å². The fourth-order valence-electron chi connectivity index (χ4n) is 4.84. The van der Waals surface area contributed by atoms with E-state index in [-0.39, 0.29) is 0 Å². The number of thioether (sulfide) groups is 1. The van der Waals surface area contributed by atoms with Gasteiger partial charge in [-0.2, -0.15) is 0 Å². The minimum absolute atomic E-state index is 0.516. The second-order valence-corrected chi connectivity index (χ2v) is 10.7. The molecule has 0 saturated carbocycles. The highest BCUT2D eigenvalue weighted by Gasteiger charge is 2.27. The topological polar surface area (TPSA) is 21.7 Å². The molecule has 0 spiro atoms. The predicted molar refractivity (Wildman–Crippen MR) is 135 cm³/mol. The molecule has 2 aromatic carbocycles. The third-order valence-electron chi connectivity index (χ3n) is 6.86. The summed E-state index contributed by atoms with van der Waals surface area (Å²) in [7, 11) is 1.77. The molecule has 172 valence electrons. The van der Waals surface area contributed by atoms with Gasteiger partial charge in [0.05, 0.1) is 7.11 Å². The molecule has 4 rings (SSSR count). The van der Waals surface area contributed by atoms with Crippen molar-refractivity contribution in [3.8, 4) is 5.75 Å². The molecule has 3 nitrogen and oxygen atoms in total. The Morgan fingerprint density at radius 1 is 1.19 bits per heavy atom. The van der Waals surface area contributed by atoms with Gasteiger partial charge in [-0.3, -0.25) is 0 Å². The van der Waals surface area contributed by atoms with Crippen LogP contribution in [0.5, 0.6) is 5.75 Å². The predicted octanol–water partition coefficient (Wildman–Crippen LogP) is 6.49. The van der Waals surface area contributed by atoms with Crippen molar-refractivity contribution in [3.63, 3.8) is 0 Å². The molecule has 2 aliphatic heterocycles. The maximum absolute atomic E-state index is 5.66. The number of ether oxygens (including phenoxy) is 2. The molecule has 32 heavy (non-hydrogen) atoms. The molecule has 2 heterocycles. The zero-order valence-electron chi connectivity index (χ0n) is 19.8. The Kier molecular flexibility index (Phi) is 7.85. The quantitative estimate of drug-likeness (QED) is 0.406. The lowest BCUT2D eigenvalue weighted by Crippen LogP contribution is -2.21. The molecule has 2 aliphatic rings.